The first-order chi connectivity index (χ1) is 20.3. The number of nitrogens with zero attached hydrogens (tertiary/aromatic N) is 1. The molecule has 0 spiro atoms. The van der Waals surface area contributed by atoms with E-state index in [2.05, 4.69) is 5.32 Å². The summed E-state index contributed by atoms with van der Waals surface area (Å²) in [6.45, 7) is 2.32. The molecule has 12 heteroatoms. The lowest BCUT2D eigenvalue weighted by molar-refractivity contribution is 0.0788. The zero-order chi connectivity index (χ0) is 31.4. The summed E-state index contributed by atoms with van der Waals surface area (Å²) in [7, 11) is -2.96. The van der Waals surface area contributed by atoms with Crippen molar-refractivity contribution in [2.75, 3.05) is 20.2 Å². The van der Waals surface area contributed by atoms with E-state index < -0.39 is 32.7 Å². The quantitative estimate of drug-likeness (QED) is 0.211. The Hall–Kier alpha value is -2.95. The maximum Gasteiger partial charge on any atom is 0.255 e. The molecule has 1 N–H and O–H groups in total. The van der Waals surface area contributed by atoms with Gasteiger partial charge in [-0.25, -0.2) is 17.2 Å². The van der Waals surface area contributed by atoms with Gasteiger partial charge in [0, 0.05) is 35.2 Å². The lowest BCUT2D eigenvalue weighted by Gasteiger charge is -2.34. The number of rotatable bonds is 11. The van der Waals surface area contributed by atoms with Gasteiger partial charge in [0.05, 0.1) is 28.1 Å². The van der Waals surface area contributed by atoms with Crippen LogP contribution in [-0.2, 0) is 9.84 Å². The van der Waals surface area contributed by atoms with E-state index in [4.69, 9.17) is 39.5 Å². The van der Waals surface area contributed by atoms with E-state index >= 15 is 4.39 Å². The third kappa shape index (κ3) is 7.41. The zero-order valence-electron chi connectivity index (χ0n) is 23.2. The highest BCUT2D eigenvalue weighted by atomic mass is 35.5. The number of alkyl halides is 1. The molecule has 0 aromatic heterocycles. The molecule has 0 heterocycles. The molecular formula is C31H29Cl3F2N2O4S. The van der Waals surface area contributed by atoms with Gasteiger partial charge in [-0.15, -0.1) is 0 Å². The van der Waals surface area contributed by atoms with E-state index in [1.807, 2.05) is 0 Å². The molecule has 0 saturated heterocycles. The van der Waals surface area contributed by atoms with Crippen LogP contribution in [0.3, 0.4) is 0 Å². The number of benzene rings is 3. The van der Waals surface area contributed by atoms with Crippen LogP contribution in [0.25, 0.3) is 0 Å². The minimum Gasteiger partial charge on any atom is -0.493 e. The van der Waals surface area contributed by atoms with Crippen LogP contribution in [0.1, 0.15) is 35.3 Å². The highest BCUT2D eigenvalue weighted by Gasteiger charge is 2.51. The molecule has 0 saturated carbocycles. The van der Waals surface area contributed by atoms with Crippen LogP contribution in [0.5, 0.6) is 5.75 Å². The van der Waals surface area contributed by atoms with Crippen LogP contribution < -0.4 is 10.1 Å². The Balaban J connectivity index is 1.44. The number of nitrogens with one attached hydrogen (secondary N) is 1. The summed E-state index contributed by atoms with van der Waals surface area (Å²) in [5.41, 5.74) is 0.944. The van der Waals surface area contributed by atoms with Crippen molar-refractivity contribution in [2.24, 2.45) is 0 Å². The van der Waals surface area contributed by atoms with Gasteiger partial charge in [0.15, 0.2) is 0 Å². The van der Waals surface area contributed by atoms with E-state index in [1.165, 1.54) is 35.2 Å². The second-order valence-corrected chi connectivity index (χ2v) is 13.4. The summed E-state index contributed by atoms with van der Waals surface area (Å²) in [6.07, 6.45) is 2.91. The second kappa shape index (κ2) is 13.8. The summed E-state index contributed by atoms with van der Waals surface area (Å²) < 4.78 is 63.6. The molecule has 1 aliphatic carbocycles. The van der Waals surface area contributed by atoms with Gasteiger partial charge in [-0.05, 0) is 80.1 Å². The molecule has 0 radical (unpaired) electrons. The van der Waals surface area contributed by atoms with Gasteiger partial charge in [-0.2, -0.15) is 0 Å². The number of hydrogen-bond donors (Lipinski definition) is 1. The topological polar surface area (TPSA) is 75.7 Å². The molecule has 0 bridgehead atoms. The summed E-state index contributed by atoms with van der Waals surface area (Å²) in [6, 6.07) is 14.6. The van der Waals surface area contributed by atoms with Gasteiger partial charge in [0.25, 0.3) is 10.9 Å². The molecule has 1 amide bonds. The molecule has 228 valence electrons. The van der Waals surface area contributed by atoms with Crippen LogP contribution in [-0.4, -0.2) is 50.5 Å². The average molecular weight is 670 g/mol. The van der Waals surface area contributed by atoms with Crippen LogP contribution in [0.4, 0.5) is 8.78 Å². The van der Waals surface area contributed by atoms with Crippen molar-refractivity contribution in [1.82, 2.24) is 10.2 Å². The number of carbonyl (C=O) groups is 1. The van der Waals surface area contributed by atoms with Gasteiger partial charge in [0.2, 0.25) is 9.84 Å². The maximum absolute atomic E-state index is 16.4. The minimum atomic E-state index is -4.61. The van der Waals surface area contributed by atoms with E-state index in [0.717, 1.165) is 12.2 Å². The van der Waals surface area contributed by atoms with Crippen molar-refractivity contribution >= 4 is 50.5 Å². The van der Waals surface area contributed by atoms with Crippen LogP contribution in [0.15, 0.2) is 95.7 Å². The maximum atomic E-state index is 16.4. The normalized spacial score (nSPS) is 19.0. The molecule has 43 heavy (non-hydrogen) atoms. The molecule has 1 aliphatic rings. The first-order valence-corrected chi connectivity index (χ1v) is 15.9. The molecule has 3 aromatic carbocycles. The van der Waals surface area contributed by atoms with Crippen LogP contribution >= 0.6 is 34.8 Å². The summed E-state index contributed by atoms with van der Waals surface area (Å²) in [4.78, 5) is 14.0. The number of ether oxygens (including phenoxy) is 1. The highest BCUT2D eigenvalue weighted by molar-refractivity contribution is 7.93. The Bertz CT molecular complexity index is 1650. The van der Waals surface area contributed by atoms with Crippen molar-refractivity contribution in [1.29, 1.82) is 0 Å². The monoisotopic (exact) mass is 668 g/mol. The number of allylic oxidation sites excluding steroid dienone is 2. The number of hydrogen-bond acceptors (Lipinski definition) is 5. The largest absolute Gasteiger partial charge is 0.493 e. The van der Waals surface area contributed by atoms with Crippen molar-refractivity contribution in [2.45, 2.75) is 35.3 Å². The van der Waals surface area contributed by atoms with Crippen LogP contribution in [0, 0.1) is 0 Å². The van der Waals surface area contributed by atoms with Crippen molar-refractivity contribution < 1.29 is 26.7 Å². The van der Waals surface area contributed by atoms with E-state index in [0.29, 0.717) is 46.0 Å². The molecular weight excluding hydrogens is 641 g/mol. The Kier molecular flexibility index (Phi) is 10.6. The average Bonchev–Trinajstić information content (AvgIpc) is 2.97. The number of sulfone groups is 1. The van der Waals surface area contributed by atoms with Gasteiger partial charge in [0.1, 0.15) is 11.6 Å². The second-order valence-electron chi connectivity index (χ2n) is 10.00. The SMILES string of the molecule is CC(NC1C=C(F)C=CC1(F)S(=O)(=O)c1ccc(Cl)cc1)c1ccccc1OCCCN(C)C(=O)c1ccc(Cl)cc1Cl. The third-order valence-corrected chi connectivity index (χ3v) is 9.88. The fourth-order valence-corrected chi connectivity index (χ4v) is 6.81. The molecule has 6 nitrogen and oxygen atoms in total. The Labute approximate surface area is 264 Å². The van der Waals surface area contributed by atoms with Crippen molar-refractivity contribution in [3.63, 3.8) is 0 Å². The number of halogens is 5. The predicted octanol–water partition coefficient (Wildman–Crippen LogP) is 7.77. The first kappa shape index (κ1) is 33.0. The molecule has 0 fully saturated rings. The molecule has 3 aromatic rings. The van der Waals surface area contributed by atoms with Gasteiger partial charge >= 0.3 is 0 Å². The third-order valence-electron chi connectivity index (χ3n) is 6.97. The van der Waals surface area contributed by atoms with Crippen molar-refractivity contribution in [3.8, 4) is 5.75 Å². The standard InChI is InChI=1S/C31H29Cl3F2N2O4S/c1-20(37-29-19-23(35)14-15-31(29,36)43(40,41)24-11-8-21(32)9-12-24)25-6-3-4-7-28(25)42-17-5-16-38(2)30(39)26-13-10-22(33)18-27(26)34/h3-4,6-15,18-20,29,37H,5,16-17H2,1-2H3. The summed E-state index contributed by atoms with van der Waals surface area (Å²) in [5.74, 6) is -0.560. The number of amides is 1. The van der Waals surface area contributed by atoms with Gasteiger partial charge < -0.3 is 9.64 Å². The first-order valence-electron chi connectivity index (χ1n) is 13.3. The fraction of sp³-hybridized carbons (Fsp3) is 0.258. The van der Waals surface area contributed by atoms with E-state index in [-0.39, 0.29) is 22.4 Å². The summed E-state index contributed by atoms with van der Waals surface area (Å²) >= 11 is 18.0. The minimum absolute atomic E-state index is 0.244. The Morgan fingerprint density at radius 2 is 1.74 bits per heavy atom. The molecule has 4 rings (SSSR count). The lowest BCUT2D eigenvalue weighted by Crippen LogP contribution is -2.52. The van der Waals surface area contributed by atoms with Gasteiger partial charge in [-0.3, -0.25) is 10.1 Å². The number of para-hydroxylation sites is 1. The fourth-order valence-electron chi connectivity index (χ4n) is 4.62. The highest BCUT2D eigenvalue weighted by Crippen LogP contribution is 2.38. The van der Waals surface area contributed by atoms with Crippen LogP contribution in [0.2, 0.25) is 15.1 Å². The lowest BCUT2D eigenvalue weighted by atomic mass is 10.0. The molecule has 3 atom stereocenters. The number of carbonyl (C=O) groups excluding carboxylic acids is 1. The predicted molar refractivity (Wildman–Crippen MR) is 166 cm³/mol. The smallest absolute Gasteiger partial charge is 0.255 e. The Morgan fingerprint density at radius 1 is 1.07 bits per heavy atom. The molecule has 3 unspecified atom stereocenters. The molecule has 0 aliphatic heterocycles. The summed E-state index contributed by atoms with van der Waals surface area (Å²) in [5, 5.41) is 0.937. The van der Waals surface area contributed by atoms with E-state index in [9.17, 15) is 17.6 Å². The van der Waals surface area contributed by atoms with E-state index in [1.54, 1.807) is 50.4 Å². The van der Waals surface area contributed by atoms with Gasteiger partial charge in [-0.1, -0.05) is 53.0 Å². The van der Waals surface area contributed by atoms with Crippen molar-refractivity contribution in [3.05, 3.63) is 117 Å². The Morgan fingerprint density at radius 3 is 2.44 bits per heavy atom. The zero-order valence-corrected chi connectivity index (χ0v) is 26.3.